The first-order chi connectivity index (χ1) is 8.65. The Labute approximate surface area is 107 Å². The highest BCUT2D eigenvalue weighted by Crippen LogP contribution is 2.24. The lowest BCUT2D eigenvalue weighted by Crippen LogP contribution is -2.24. The quantitative estimate of drug-likeness (QED) is 0.820. The highest BCUT2D eigenvalue weighted by molar-refractivity contribution is 5.88. The lowest BCUT2D eigenvalue weighted by atomic mass is 10.3. The lowest BCUT2D eigenvalue weighted by Gasteiger charge is -2.21. The molecule has 2 aromatic heterocycles. The zero-order valence-corrected chi connectivity index (χ0v) is 10.9. The highest BCUT2D eigenvalue weighted by Gasteiger charge is 2.13. The van der Waals surface area contributed by atoms with E-state index in [2.05, 4.69) is 39.1 Å². The SMILES string of the molecule is C=CCN(CC=C)c1nc(C)nc2[nH]c(C)cc12. The fourth-order valence-electron chi connectivity index (χ4n) is 2.03. The minimum Gasteiger partial charge on any atom is -0.349 e. The Hall–Kier alpha value is -2.10. The molecule has 0 saturated carbocycles. The Morgan fingerprint density at radius 3 is 2.50 bits per heavy atom. The summed E-state index contributed by atoms with van der Waals surface area (Å²) >= 11 is 0. The number of fused-ring (bicyclic) bond motifs is 1. The second-order valence-corrected chi connectivity index (χ2v) is 4.29. The summed E-state index contributed by atoms with van der Waals surface area (Å²) in [6.07, 6.45) is 3.73. The van der Waals surface area contributed by atoms with Gasteiger partial charge in [-0.05, 0) is 19.9 Å². The average Bonchev–Trinajstić information content (AvgIpc) is 2.68. The predicted octanol–water partition coefficient (Wildman–Crippen LogP) is 2.75. The van der Waals surface area contributed by atoms with Crippen LogP contribution in [0.5, 0.6) is 0 Å². The van der Waals surface area contributed by atoms with Crippen molar-refractivity contribution in [2.45, 2.75) is 13.8 Å². The molecular formula is C14H18N4. The molecule has 0 aliphatic heterocycles. The molecule has 0 saturated heterocycles. The molecule has 2 rings (SSSR count). The number of aromatic amines is 1. The van der Waals surface area contributed by atoms with E-state index in [9.17, 15) is 0 Å². The monoisotopic (exact) mass is 242 g/mol. The van der Waals surface area contributed by atoms with Crippen LogP contribution in [0.3, 0.4) is 0 Å². The number of anilines is 1. The zero-order chi connectivity index (χ0) is 13.1. The van der Waals surface area contributed by atoms with E-state index in [-0.39, 0.29) is 0 Å². The lowest BCUT2D eigenvalue weighted by molar-refractivity contribution is 0.915. The molecule has 2 heterocycles. The van der Waals surface area contributed by atoms with Gasteiger partial charge < -0.3 is 9.88 Å². The van der Waals surface area contributed by atoms with Crippen LogP contribution in [-0.2, 0) is 0 Å². The summed E-state index contributed by atoms with van der Waals surface area (Å²) in [7, 11) is 0. The maximum absolute atomic E-state index is 4.55. The summed E-state index contributed by atoms with van der Waals surface area (Å²) in [5.41, 5.74) is 1.97. The van der Waals surface area contributed by atoms with E-state index >= 15 is 0 Å². The van der Waals surface area contributed by atoms with E-state index in [1.54, 1.807) is 0 Å². The molecule has 0 spiro atoms. The molecule has 0 radical (unpaired) electrons. The van der Waals surface area contributed by atoms with Crippen LogP contribution in [0.4, 0.5) is 5.82 Å². The number of aromatic nitrogens is 3. The molecule has 18 heavy (non-hydrogen) atoms. The minimum absolute atomic E-state index is 0.738. The van der Waals surface area contributed by atoms with E-state index in [1.807, 2.05) is 26.0 Å². The van der Waals surface area contributed by atoms with Crippen LogP contribution in [0.1, 0.15) is 11.5 Å². The molecule has 0 aliphatic carbocycles. The van der Waals surface area contributed by atoms with E-state index < -0.39 is 0 Å². The second-order valence-electron chi connectivity index (χ2n) is 4.29. The van der Waals surface area contributed by atoms with Crippen LogP contribution in [0.25, 0.3) is 11.0 Å². The van der Waals surface area contributed by atoms with Crippen LogP contribution in [0.2, 0.25) is 0 Å². The Kier molecular flexibility index (Phi) is 3.46. The Morgan fingerprint density at radius 2 is 1.89 bits per heavy atom. The van der Waals surface area contributed by atoms with Gasteiger partial charge >= 0.3 is 0 Å². The minimum atomic E-state index is 0.738. The average molecular weight is 242 g/mol. The normalized spacial score (nSPS) is 10.6. The molecule has 0 atom stereocenters. The van der Waals surface area contributed by atoms with Crippen LogP contribution in [0, 0.1) is 13.8 Å². The molecular weight excluding hydrogens is 224 g/mol. The largest absolute Gasteiger partial charge is 0.349 e. The van der Waals surface area contributed by atoms with Gasteiger partial charge in [-0.15, -0.1) is 13.2 Å². The zero-order valence-electron chi connectivity index (χ0n) is 10.9. The van der Waals surface area contributed by atoms with Gasteiger partial charge in [0.15, 0.2) is 0 Å². The van der Waals surface area contributed by atoms with Crippen molar-refractivity contribution in [3.63, 3.8) is 0 Å². The number of rotatable bonds is 5. The van der Waals surface area contributed by atoms with Gasteiger partial charge in [-0.2, -0.15) is 0 Å². The topological polar surface area (TPSA) is 44.8 Å². The van der Waals surface area contributed by atoms with E-state index in [1.165, 1.54) is 0 Å². The first kappa shape index (κ1) is 12.4. The number of nitrogens with zero attached hydrogens (tertiary/aromatic N) is 3. The summed E-state index contributed by atoms with van der Waals surface area (Å²) in [4.78, 5) is 14.3. The molecule has 2 aromatic rings. The Bertz CT molecular complexity index is 573. The number of aryl methyl sites for hydroxylation is 2. The van der Waals surface area contributed by atoms with Gasteiger partial charge in [-0.1, -0.05) is 12.2 Å². The van der Waals surface area contributed by atoms with Crippen molar-refractivity contribution < 1.29 is 0 Å². The van der Waals surface area contributed by atoms with Crippen molar-refractivity contribution in [3.05, 3.63) is 42.9 Å². The molecule has 94 valence electrons. The van der Waals surface area contributed by atoms with Gasteiger partial charge in [0.1, 0.15) is 17.3 Å². The van der Waals surface area contributed by atoms with Gasteiger partial charge in [0.2, 0.25) is 0 Å². The van der Waals surface area contributed by atoms with Crippen molar-refractivity contribution in [2.24, 2.45) is 0 Å². The third-order valence-electron chi connectivity index (χ3n) is 2.71. The number of hydrogen-bond acceptors (Lipinski definition) is 3. The summed E-state index contributed by atoms with van der Waals surface area (Å²) in [6.45, 7) is 13.0. The molecule has 1 N–H and O–H groups in total. The van der Waals surface area contributed by atoms with E-state index in [0.717, 1.165) is 41.5 Å². The molecule has 4 heteroatoms. The molecule has 0 amide bonds. The maximum atomic E-state index is 4.55. The molecule has 4 nitrogen and oxygen atoms in total. The van der Waals surface area contributed by atoms with Crippen LogP contribution >= 0.6 is 0 Å². The predicted molar refractivity (Wildman–Crippen MR) is 76.0 cm³/mol. The number of hydrogen-bond donors (Lipinski definition) is 1. The van der Waals surface area contributed by atoms with Gasteiger partial charge in [0.05, 0.1) is 5.39 Å². The van der Waals surface area contributed by atoms with Crippen LogP contribution in [-0.4, -0.2) is 28.0 Å². The van der Waals surface area contributed by atoms with Crippen LogP contribution < -0.4 is 4.90 Å². The first-order valence-corrected chi connectivity index (χ1v) is 5.96. The smallest absolute Gasteiger partial charge is 0.143 e. The van der Waals surface area contributed by atoms with Gasteiger partial charge in [0.25, 0.3) is 0 Å². The third kappa shape index (κ3) is 2.27. The summed E-state index contributed by atoms with van der Waals surface area (Å²) in [5.74, 6) is 1.69. The fraction of sp³-hybridized carbons (Fsp3) is 0.286. The van der Waals surface area contributed by atoms with Crippen molar-refractivity contribution in [3.8, 4) is 0 Å². The molecule has 0 unspecified atom stereocenters. The van der Waals surface area contributed by atoms with Crippen molar-refractivity contribution in [1.29, 1.82) is 0 Å². The maximum Gasteiger partial charge on any atom is 0.143 e. The molecule has 0 bridgehead atoms. The highest BCUT2D eigenvalue weighted by atomic mass is 15.2. The van der Waals surface area contributed by atoms with Gasteiger partial charge in [-0.3, -0.25) is 0 Å². The Morgan fingerprint density at radius 1 is 1.22 bits per heavy atom. The molecule has 0 aliphatic rings. The van der Waals surface area contributed by atoms with Gasteiger partial charge in [0, 0.05) is 18.8 Å². The van der Waals surface area contributed by atoms with Crippen molar-refractivity contribution in [1.82, 2.24) is 15.0 Å². The summed E-state index contributed by atoms with van der Waals surface area (Å²) in [5, 5.41) is 1.04. The number of nitrogens with one attached hydrogen (secondary N) is 1. The third-order valence-corrected chi connectivity index (χ3v) is 2.71. The standard InChI is InChI=1S/C14H18N4/c1-5-7-18(8-6-2)14-12-9-10(3)15-13(12)16-11(4)17-14/h5-6,9H,1-2,7-8H2,3-4H3,(H,15,16,17). The van der Waals surface area contributed by atoms with Crippen molar-refractivity contribution in [2.75, 3.05) is 18.0 Å². The second kappa shape index (κ2) is 5.04. The van der Waals surface area contributed by atoms with E-state index in [4.69, 9.17) is 0 Å². The molecule has 0 aromatic carbocycles. The first-order valence-electron chi connectivity index (χ1n) is 5.96. The van der Waals surface area contributed by atoms with Crippen molar-refractivity contribution >= 4 is 16.9 Å². The summed E-state index contributed by atoms with van der Waals surface area (Å²) in [6, 6.07) is 2.07. The fourth-order valence-corrected chi connectivity index (χ4v) is 2.03. The van der Waals surface area contributed by atoms with Gasteiger partial charge in [-0.25, -0.2) is 9.97 Å². The molecule has 0 fully saturated rings. The number of H-pyrrole nitrogens is 1. The summed E-state index contributed by atoms with van der Waals surface area (Å²) < 4.78 is 0. The van der Waals surface area contributed by atoms with E-state index in [0.29, 0.717) is 0 Å². The Balaban J connectivity index is 2.58. The van der Waals surface area contributed by atoms with Crippen LogP contribution in [0.15, 0.2) is 31.4 Å².